The molecule has 1 aromatic heterocycles. The number of ketones is 1. The van der Waals surface area contributed by atoms with Crippen LogP contribution in [0.4, 0.5) is 0 Å². The monoisotopic (exact) mass is 603 g/mol. The number of carboxylic acids is 1. The van der Waals surface area contributed by atoms with Crippen molar-refractivity contribution in [1.29, 1.82) is 5.41 Å². The quantitative estimate of drug-likeness (QED) is 0.111. The van der Waals surface area contributed by atoms with E-state index in [0.29, 0.717) is 37.3 Å². The fourth-order valence-electron chi connectivity index (χ4n) is 7.03. The molecular weight excluding hydrogens is 566 g/mol. The van der Waals surface area contributed by atoms with Crippen molar-refractivity contribution in [2.24, 2.45) is 29.4 Å². The van der Waals surface area contributed by atoms with Crippen molar-refractivity contribution in [3.63, 3.8) is 0 Å². The normalized spacial score (nSPS) is 31.3. The van der Waals surface area contributed by atoms with Crippen LogP contribution in [0.25, 0.3) is 0 Å². The van der Waals surface area contributed by atoms with Crippen molar-refractivity contribution in [2.45, 2.75) is 69.5 Å². The number of aromatic nitrogens is 4. The maximum Gasteiger partial charge on any atom is 0.353 e. The van der Waals surface area contributed by atoms with Crippen LogP contribution in [0.2, 0.25) is 0 Å². The Hall–Kier alpha value is -3.37. The number of fused-ring (bicyclic) bond motifs is 1. The Morgan fingerprint density at radius 3 is 2.71 bits per heavy atom. The average molecular weight is 604 g/mol. The van der Waals surface area contributed by atoms with Crippen LogP contribution in [0, 0.1) is 29.1 Å². The zero-order valence-corrected chi connectivity index (χ0v) is 24.4. The molecular formula is C26H37N9O6S. The van der Waals surface area contributed by atoms with Gasteiger partial charge in [0, 0.05) is 42.0 Å². The molecule has 42 heavy (non-hydrogen) atoms. The van der Waals surface area contributed by atoms with Crippen LogP contribution in [-0.4, -0.2) is 113 Å². The van der Waals surface area contributed by atoms with Gasteiger partial charge in [0.1, 0.15) is 18.6 Å². The first-order valence-electron chi connectivity index (χ1n) is 14.2. The number of thioether (sulfide) groups is 1. The predicted molar refractivity (Wildman–Crippen MR) is 150 cm³/mol. The lowest BCUT2D eigenvalue weighted by molar-refractivity contribution is -0.160. The van der Waals surface area contributed by atoms with Crippen molar-refractivity contribution in [3.8, 4) is 0 Å². The number of carbonyl (C=O) groups excluding carboxylic acids is 3. The molecule has 0 aliphatic carbocycles. The third-order valence-corrected chi connectivity index (χ3v) is 10.4. The van der Waals surface area contributed by atoms with Crippen LogP contribution in [-0.2, 0) is 25.7 Å². The Bertz CT molecular complexity index is 1290. The predicted octanol–water partition coefficient (Wildman–Crippen LogP) is -0.960. The molecule has 228 valence electrons. The van der Waals surface area contributed by atoms with Gasteiger partial charge >= 0.3 is 5.97 Å². The van der Waals surface area contributed by atoms with Gasteiger partial charge in [-0.15, -0.1) is 16.9 Å². The molecule has 0 aromatic carbocycles. The van der Waals surface area contributed by atoms with E-state index in [1.807, 2.05) is 13.8 Å². The van der Waals surface area contributed by atoms with Gasteiger partial charge in [-0.1, -0.05) is 13.8 Å². The smallest absolute Gasteiger partial charge is 0.353 e. The number of aliphatic hydroxyl groups is 1. The fraction of sp³-hybridized carbons (Fsp3) is 0.692. The minimum atomic E-state index is -1.17. The van der Waals surface area contributed by atoms with Crippen LogP contribution in [0.5, 0.6) is 0 Å². The van der Waals surface area contributed by atoms with Gasteiger partial charge in [0.05, 0.1) is 36.5 Å². The second-order valence-corrected chi connectivity index (χ2v) is 13.2. The van der Waals surface area contributed by atoms with Crippen LogP contribution in [0.1, 0.15) is 39.5 Å². The number of β-lactam (4-membered cyclic amide) rings is 1. The molecule has 1 aromatic rings. The highest BCUT2D eigenvalue weighted by Crippen LogP contribution is 2.53. The molecule has 8 atom stereocenters. The number of nitrogens with two attached hydrogens (primary N) is 1. The first kappa shape index (κ1) is 30.1. The number of aliphatic carboxylic acids is 1. The van der Waals surface area contributed by atoms with Gasteiger partial charge in [-0.3, -0.25) is 19.8 Å². The lowest BCUT2D eigenvalue weighted by Gasteiger charge is -2.47. The van der Waals surface area contributed by atoms with Crippen molar-refractivity contribution >= 4 is 41.2 Å². The summed E-state index contributed by atoms with van der Waals surface area (Å²) in [5.74, 6) is -2.59. The number of likely N-dealkylation sites (tertiary alicyclic amines) is 1. The van der Waals surface area contributed by atoms with Crippen LogP contribution in [0.3, 0.4) is 0 Å². The summed E-state index contributed by atoms with van der Waals surface area (Å²) >= 11 is 1.40. The zero-order valence-electron chi connectivity index (χ0n) is 23.5. The molecule has 6 N–H and O–H groups in total. The van der Waals surface area contributed by atoms with E-state index in [4.69, 9.17) is 11.1 Å². The Labute approximate surface area is 246 Å². The number of amidine groups is 1. The number of carboxylic acid groups (broad SMARTS) is 1. The number of amides is 2. The number of rotatable bonds is 12. The second-order valence-electron chi connectivity index (χ2n) is 11.9. The lowest BCUT2D eigenvalue weighted by Crippen LogP contribution is -2.62. The number of hydrogen-bond acceptors (Lipinski definition) is 11. The molecule has 4 aliphatic heterocycles. The van der Waals surface area contributed by atoms with E-state index < -0.39 is 17.9 Å². The number of carbonyl (C=O) groups is 4. The van der Waals surface area contributed by atoms with Crippen molar-refractivity contribution in [3.05, 3.63) is 16.9 Å². The summed E-state index contributed by atoms with van der Waals surface area (Å²) in [6.07, 6.45) is 2.94. The molecule has 16 heteroatoms. The number of aliphatic hydroxyl groups excluding tert-OH is 1. The maximum absolute atomic E-state index is 13.4. The Morgan fingerprint density at radius 2 is 2.07 bits per heavy atom. The topological polar surface area (TPSA) is 221 Å². The first-order valence-corrected chi connectivity index (χ1v) is 15.0. The summed E-state index contributed by atoms with van der Waals surface area (Å²) in [5.41, 5.74) is 5.55. The Balaban J connectivity index is 1.22. The van der Waals surface area contributed by atoms with Gasteiger partial charge in [0.15, 0.2) is 5.78 Å². The maximum atomic E-state index is 13.4. The summed E-state index contributed by atoms with van der Waals surface area (Å²) < 4.78 is 1.33. The molecule has 3 saturated heterocycles. The van der Waals surface area contributed by atoms with Crippen LogP contribution < -0.4 is 11.1 Å². The van der Waals surface area contributed by atoms with Crippen LogP contribution in [0.15, 0.2) is 16.9 Å². The number of nitrogens with one attached hydrogen (secondary N) is 2. The molecule has 0 saturated carbocycles. The molecule has 2 amide bonds. The minimum Gasteiger partial charge on any atom is -0.477 e. The van der Waals surface area contributed by atoms with E-state index in [-0.39, 0.29) is 83.8 Å². The molecule has 3 fully saturated rings. The Morgan fingerprint density at radius 1 is 1.31 bits per heavy atom. The molecule has 15 nitrogen and oxygen atoms in total. The van der Waals surface area contributed by atoms with Gasteiger partial charge in [-0.05, 0) is 35.1 Å². The first-order chi connectivity index (χ1) is 20.0. The molecule has 1 unspecified atom stereocenters. The van der Waals surface area contributed by atoms with Crippen molar-refractivity contribution in [2.75, 3.05) is 19.7 Å². The van der Waals surface area contributed by atoms with Crippen LogP contribution >= 0.6 is 11.8 Å². The van der Waals surface area contributed by atoms with Crippen molar-refractivity contribution in [1.82, 2.24) is 35.3 Å². The summed E-state index contributed by atoms with van der Waals surface area (Å²) in [6, 6.07) is -1.14. The van der Waals surface area contributed by atoms with Crippen molar-refractivity contribution < 1.29 is 29.4 Å². The molecule has 0 spiro atoms. The molecule has 5 heterocycles. The number of Topliss-reactive ketones (excluding diaryl/α,β-unsaturated/α-hetero) is 1. The van der Waals surface area contributed by atoms with Gasteiger partial charge in [-0.25, -0.2) is 9.48 Å². The minimum absolute atomic E-state index is 0.00431. The molecule has 5 rings (SSSR count). The van der Waals surface area contributed by atoms with E-state index in [1.54, 1.807) is 4.90 Å². The highest BCUT2D eigenvalue weighted by atomic mass is 32.2. The summed E-state index contributed by atoms with van der Waals surface area (Å²) in [7, 11) is 0. The highest BCUT2D eigenvalue weighted by molar-refractivity contribution is 8.03. The second kappa shape index (κ2) is 12.1. The van der Waals surface area contributed by atoms with Gasteiger partial charge in [0.2, 0.25) is 11.8 Å². The summed E-state index contributed by atoms with van der Waals surface area (Å²) in [6.45, 7) is 4.52. The summed E-state index contributed by atoms with van der Waals surface area (Å²) in [5, 5.41) is 41.4. The Kier molecular flexibility index (Phi) is 8.66. The van der Waals surface area contributed by atoms with E-state index >= 15 is 0 Å². The number of hydrogen-bond donors (Lipinski definition) is 5. The largest absolute Gasteiger partial charge is 0.477 e. The highest BCUT2D eigenvalue weighted by Gasteiger charge is 2.60. The van der Waals surface area contributed by atoms with E-state index in [2.05, 4.69) is 20.8 Å². The molecule has 4 aliphatic rings. The number of nitrogens with zero attached hydrogens (tertiary/aromatic N) is 6. The SMILES string of the molecule is C[C@@H](CC(=O)Cn1cnnn1)[C@H]1C(=O)N2C(C(=O)O)=C(S[C@@H]3CN[C@H](C(=O)N4C[C@@H](CC(=N)N)CC4CO)C3)[C@H](C)[C@H]12. The summed E-state index contributed by atoms with van der Waals surface area (Å²) in [4.78, 5) is 55.2. The lowest BCUT2D eigenvalue weighted by atomic mass is 9.73. The molecule has 0 bridgehead atoms. The average Bonchev–Trinajstić information content (AvgIpc) is 3.71. The third kappa shape index (κ3) is 5.66. The van der Waals surface area contributed by atoms with Gasteiger partial charge in [0.25, 0.3) is 0 Å². The number of tetrazole rings is 1. The van der Waals surface area contributed by atoms with E-state index in [9.17, 15) is 29.4 Å². The molecule has 0 radical (unpaired) electrons. The van der Waals surface area contributed by atoms with E-state index in [1.165, 1.54) is 27.7 Å². The zero-order chi connectivity index (χ0) is 30.3. The van der Waals surface area contributed by atoms with E-state index in [0.717, 1.165) is 0 Å². The van der Waals surface area contributed by atoms with Gasteiger partial charge < -0.3 is 31.1 Å². The standard InChI is InChI=1S/C26H37N9O6S/c1-12(3-16(37)9-33-11-30-31-32-33)20-21-13(2)23(22(26(40)41)35(21)25(20)39)42-17-6-18(29-7-17)24(38)34-8-14(5-19(27)28)4-15(34)10-36/h11-15,17-18,20-21,29,36H,3-10H2,1-2H3,(H3,27,28)(H,40,41)/t12-,13+,14+,15?,17-,18-,20+,21+/m0/s1. The fourth-order valence-corrected chi connectivity index (χ4v) is 8.51. The third-order valence-electron chi connectivity index (χ3n) is 8.87. The van der Waals surface area contributed by atoms with Gasteiger partial charge in [-0.2, -0.15) is 0 Å².